The second kappa shape index (κ2) is 6.02. The molecular formula is C18H18N2O2. The maximum Gasteiger partial charge on any atom is 0.329 e. The number of nitrogens with one attached hydrogen (secondary N) is 1. The SMILES string of the molecule is CC(CCc1ccccc1)n1c(=O)[nH]c2ccccc2c1=O. The Bertz CT molecular complexity index is 894. The Hall–Kier alpha value is -2.62. The maximum absolute atomic E-state index is 12.5. The zero-order chi connectivity index (χ0) is 15.5. The van der Waals surface area contributed by atoms with E-state index in [4.69, 9.17) is 0 Å². The van der Waals surface area contributed by atoms with Crippen LogP contribution >= 0.6 is 0 Å². The standard InChI is InChI=1S/C18H18N2O2/c1-13(11-12-14-7-3-2-4-8-14)20-17(21)15-9-5-6-10-16(15)19-18(20)22/h2-10,13H,11-12H2,1H3,(H,19,22). The fraction of sp³-hybridized carbons (Fsp3) is 0.222. The van der Waals surface area contributed by atoms with E-state index in [0.717, 1.165) is 12.8 Å². The second-order valence-electron chi connectivity index (χ2n) is 5.52. The van der Waals surface area contributed by atoms with Gasteiger partial charge in [0.2, 0.25) is 0 Å². The summed E-state index contributed by atoms with van der Waals surface area (Å²) in [5.41, 5.74) is 1.23. The molecule has 0 aliphatic heterocycles. The van der Waals surface area contributed by atoms with Crippen LogP contribution in [0.25, 0.3) is 10.9 Å². The van der Waals surface area contributed by atoms with Gasteiger partial charge in [-0.3, -0.25) is 9.36 Å². The van der Waals surface area contributed by atoms with Gasteiger partial charge in [0.1, 0.15) is 0 Å². The van der Waals surface area contributed by atoms with Crippen molar-refractivity contribution in [2.75, 3.05) is 0 Å². The van der Waals surface area contributed by atoms with E-state index in [0.29, 0.717) is 10.9 Å². The molecule has 3 aromatic rings. The quantitative estimate of drug-likeness (QED) is 0.804. The van der Waals surface area contributed by atoms with Gasteiger partial charge in [-0.05, 0) is 37.5 Å². The fourth-order valence-electron chi connectivity index (χ4n) is 2.73. The molecule has 1 unspecified atom stereocenters. The number of benzene rings is 2. The molecule has 0 amide bonds. The maximum atomic E-state index is 12.5. The number of fused-ring (bicyclic) bond motifs is 1. The second-order valence-corrected chi connectivity index (χ2v) is 5.52. The molecule has 1 aromatic heterocycles. The van der Waals surface area contributed by atoms with Crippen molar-refractivity contribution in [2.24, 2.45) is 0 Å². The summed E-state index contributed by atoms with van der Waals surface area (Å²) in [5, 5.41) is 0.550. The molecule has 0 saturated heterocycles. The number of nitrogens with zero attached hydrogens (tertiary/aromatic N) is 1. The van der Waals surface area contributed by atoms with E-state index in [1.54, 1.807) is 24.3 Å². The summed E-state index contributed by atoms with van der Waals surface area (Å²) in [6.45, 7) is 1.91. The molecule has 0 saturated carbocycles. The number of aromatic amines is 1. The molecule has 1 atom stereocenters. The third-order valence-electron chi connectivity index (χ3n) is 3.97. The van der Waals surface area contributed by atoms with E-state index in [-0.39, 0.29) is 17.3 Å². The van der Waals surface area contributed by atoms with Crippen LogP contribution in [-0.2, 0) is 6.42 Å². The summed E-state index contributed by atoms with van der Waals surface area (Å²) >= 11 is 0. The fourth-order valence-corrected chi connectivity index (χ4v) is 2.73. The highest BCUT2D eigenvalue weighted by Gasteiger charge is 2.13. The molecule has 112 valence electrons. The molecule has 2 aromatic carbocycles. The smallest absolute Gasteiger partial charge is 0.307 e. The number of hydrogen-bond donors (Lipinski definition) is 1. The molecule has 0 aliphatic carbocycles. The van der Waals surface area contributed by atoms with E-state index in [2.05, 4.69) is 17.1 Å². The molecule has 0 aliphatic rings. The van der Waals surface area contributed by atoms with Crippen molar-refractivity contribution in [1.82, 2.24) is 9.55 Å². The molecule has 4 heteroatoms. The van der Waals surface area contributed by atoms with Crippen LogP contribution in [0.15, 0.2) is 64.2 Å². The minimum atomic E-state index is -0.343. The van der Waals surface area contributed by atoms with E-state index in [1.165, 1.54) is 10.1 Å². The topological polar surface area (TPSA) is 54.9 Å². The minimum absolute atomic E-state index is 0.152. The van der Waals surface area contributed by atoms with Crippen LogP contribution in [0.2, 0.25) is 0 Å². The lowest BCUT2D eigenvalue weighted by Gasteiger charge is -2.14. The lowest BCUT2D eigenvalue weighted by molar-refractivity contribution is 0.475. The molecule has 0 fully saturated rings. The van der Waals surface area contributed by atoms with E-state index < -0.39 is 0 Å². The summed E-state index contributed by atoms with van der Waals surface area (Å²) in [6, 6.07) is 17.0. The number of para-hydroxylation sites is 1. The summed E-state index contributed by atoms with van der Waals surface area (Å²) in [4.78, 5) is 27.5. The van der Waals surface area contributed by atoms with Gasteiger partial charge >= 0.3 is 5.69 Å². The Morgan fingerprint density at radius 2 is 1.68 bits per heavy atom. The van der Waals surface area contributed by atoms with Crippen molar-refractivity contribution in [3.63, 3.8) is 0 Å². The first-order valence-electron chi connectivity index (χ1n) is 7.44. The van der Waals surface area contributed by atoms with Crippen LogP contribution in [-0.4, -0.2) is 9.55 Å². The molecule has 0 spiro atoms. The van der Waals surface area contributed by atoms with Crippen molar-refractivity contribution in [3.8, 4) is 0 Å². The number of H-pyrrole nitrogens is 1. The highest BCUT2D eigenvalue weighted by atomic mass is 16.2. The van der Waals surface area contributed by atoms with Gasteiger partial charge in [0.15, 0.2) is 0 Å². The van der Waals surface area contributed by atoms with Crippen molar-refractivity contribution in [2.45, 2.75) is 25.8 Å². The highest BCUT2D eigenvalue weighted by Crippen LogP contribution is 2.12. The average Bonchev–Trinajstić information content (AvgIpc) is 2.54. The van der Waals surface area contributed by atoms with Gasteiger partial charge in [-0.15, -0.1) is 0 Å². The van der Waals surface area contributed by atoms with Gasteiger partial charge in [-0.2, -0.15) is 0 Å². The molecule has 1 N–H and O–H groups in total. The Balaban J connectivity index is 1.92. The van der Waals surface area contributed by atoms with Gasteiger partial charge in [0.25, 0.3) is 5.56 Å². The van der Waals surface area contributed by atoms with Crippen LogP contribution < -0.4 is 11.2 Å². The van der Waals surface area contributed by atoms with Gasteiger partial charge < -0.3 is 4.98 Å². The lowest BCUT2D eigenvalue weighted by atomic mass is 10.1. The molecular weight excluding hydrogens is 276 g/mol. The van der Waals surface area contributed by atoms with E-state index >= 15 is 0 Å². The van der Waals surface area contributed by atoms with Crippen molar-refractivity contribution < 1.29 is 0 Å². The summed E-state index contributed by atoms with van der Waals surface area (Å²) < 4.78 is 1.32. The molecule has 1 heterocycles. The largest absolute Gasteiger partial charge is 0.329 e. The van der Waals surface area contributed by atoms with Crippen molar-refractivity contribution >= 4 is 10.9 Å². The van der Waals surface area contributed by atoms with Crippen LogP contribution in [0, 0.1) is 0 Å². The van der Waals surface area contributed by atoms with Crippen LogP contribution in [0.1, 0.15) is 24.9 Å². The first kappa shape index (κ1) is 14.3. The summed E-state index contributed by atoms with van der Waals surface area (Å²) in [7, 11) is 0. The number of hydrogen-bond acceptors (Lipinski definition) is 2. The average molecular weight is 294 g/mol. The van der Waals surface area contributed by atoms with E-state index in [9.17, 15) is 9.59 Å². The molecule has 0 radical (unpaired) electrons. The highest BCUT2D eigenvalue weighted by molar-refractivity contribution is 5.76. The van der Waals surface area contributed by atoms with Gasteiger partial charge in [-0.1, -0.05) is 42.5 Å². The number of aryl methyl sites for hydroxylation is 1. The van der Waals surface area contributed by atoms with Crippen LogP contribution in [0.3, 0.4) is 0 Å². The first-order valence-corrected chi connectivity index (χ1v) is 7.44. The number of aromatic nitrogens is 2. The third kappa shape index (κ3) is 2.72. The van der Waals surface area contributed by atoms with Gasteiger partial charge in [0, 0.05) is 6.04 Å². The minimum Gasteiger partial charge on any atom is -0.307 e. The van der Waals surface area contributed by atoms with Crippen molar-refractivity contribution in [1.29, 1.82) is 0 Å². The Kier molecular flexibility index (Phi) is 3.92. The van der Waals surface area contributed by atoms with Crippen molar-refractivity contribution in [3.05, 3.63) is 81.0 Å². The summed E-state index contributed by atoms with van der Waals surface area (Å²) in [6.07, 6.45) is 1.58. The summed E-state index contributed by atoms with van der Waals surface area (Å²) in [5.74, 6) is 0. The molecule has 4 nitrogen and oxygen atoms in total. The third-order valence-corrected chi connectivity index (χ3v) is 3.97. The van der Waals surface area contributed by atoms with Gasteiger partial charge in [0.05, 0.1) is 10.9 Å². The van der Waals surface area contributed by atoms with Crippen LogP contribution in [0.5, 0.6) is 0 Å². The van der Waals surface area contributed by atoms with E-state index in [1.807, 2.05) is 25.1 Å². The monoisotopic (exact) mass is 294 g/mol. The predicted octanol–water partition coefficient (Wildman–Crippen LogP) is 2.88. The Morgan fingerprint density at radius 3 is 2.45 bits per heavy atom. The molecule has 22 heavy (non-hydrogen) atoms. The van der Waals surface area contributed by atoms with Gasteiger partial charge in [-0.25, -0.2) is 4.79 Å². The Morgan fingerprint density at radius 1 is 1.00 bits per heavy atom. The first-order chi connectivity index (χ1) is 10.7. The zero-order valence-electron chi connectivity index (χ0n) is 12.5. The predicted molar refractivity (Wildman–Crippen MR) is 88.3 cm³/mol. The number of rotatable bonds is 4. The Labute approximate surface area is 128 Å². The normalized spacial score (nSPS) is 12.4. The van der Waals surface area contributed by atoms with Crippen LogP contribution in [0.4, 0.5) is 0 Å². The zero-order valence-corrected chi connectivity index (χ0v) is 12.5. The molecule has 3 rings (SSSR count). The lowest BCUT2D eigenvalue weighted by Crippen LogP contribution is -2.37. The molecule has 0 bridgehead atoms.